The smallest absolute Gasteiger partial charge is 0.274 e. The van der Waals surface area contributed by atoms with Crippen LogP contribution in [0.15, 0.2) is 30.1 Å². The third-order valence-electron chi connectivity index (χ3n) is 2.22. The maximum absolute atomic E-state index is 11.1. The quantitative estimate of drug-likeness (QED) is 0.574. The summed E-state index contributed by atoms with van der Waals surface area (Å²) in [6.45, 7) is 6.89. The van der Waals surface area contributed by atoms with E-state index in [1.54, 1.807) is 6.08 Å². The molecule has 88 valence electrons. The maximum atomic E-state index is 11.1. The van der Waals surface area contributed by atoms with E-state index in [-0.39, 0.29) is 0 Å². The number of benzene rings is 1. The normalized spacial score (nSPS) is 13.3. The van der Waals surface area contributed by atoms with Crippen molar-refractivity contribution in [2.45, 2.75) is 19.6 Å². The Bertz CT molecular complexity index is 428. The molecule has 0 bridgehead atoms. The minimum Gasteiger partial charge on any atom is -0.285 e. The van der Waals surface area contributed by atoms with E-state index >= 15 is 0 Å². The predicted molar refractivity (Wildman–Crippen MR) is 77.8 cm³/mol. The van der Waals surface area contributed by atoms with Gasteiger partial charge < -0.3 is 0 Å². The van der Waals surface area contributed by atoms with Crippen molar-refractivity contribution in [1.82, 2.24) is 0 Å². The van der Waals surface area contributed by atoms with Gasteiger partial charge in [0.2, 0.25) is 0 Å². The summed E-state index contributed by atoms with van der Waals surface area (Å²) in [5, 5.41) is 1.39. The molecule has 0 heterocycles. The average Bonchev–Trinajstić information content (AvgIpc) is 2.13. The van der Waals surface area contributed by atoms with Gasteiger partial charge in [-0.3, -0.25) is 4.57 Å². The van der Waals surface area contributed by atoms with Gasteiger partial charge in [0.1, 0.15) is 0 Å². The summed E-state index contributed by atoms with van der Waals surface area (Å²) in [7, 11) is -1.25. The topological polar surface area (TPSA) is 17.1 Å². The molecular weight excluding hydrogens is 278 g/mol. The zero-order valence-electron chi connectivity index (χ0n) is 9.58. The van der Waals surface area contributed by atoms with Crippen LogP contribution < -0.4 is 5.19 Å². The summed E-state index contributed by atoms with van der Waals surface area (Å²) in [4.78, 5) is 0. The van der Waals surface area contributed by atoms with Gasteiger partial charge in [0, 0.05) is 5.82 Å². The van der Waals surface area contributed by atoms with Crippen LogP contribution in [0.3, 0.4) is 0 Å². The molecule has 0 unspecified atom stereocenters. The highest BCUT2D eigenvalue weighted by molar-refractivity contribution is 8.10. The maximum Gasteiger partial charge on any atom is 0.274 e. The van der Waals surface area contributed by atoms with Crippen LogP contribution in [0.5, 0.6) is 0 Å². The molecule has 1 aromatic rings. The average molecular weight is 293 g/mol. The summed E-state index contributed by atoms with van der Waals surface area (Å²) >= 11 is 10.9. The number of hydrogen-bond donors (Lipinski definition) is 0. The summed E-state index contributed by atoms with van der Waals surface area (Å²) in [6, 6.07) is 8.21. The highest BCUT2D eigenvalue weighted by Crippen LogP contribution is 2.58. The van der Waals surface area contributed by atoms with Gasteiger partial charge in [0.25, 0.3) is 5.85 Å². The molecule has 1 nitrogen and oxygen atoms in total. The minimum absolute atomic E-state index is 0.962. The second-order valence-corrected chi connectivity index (χ2v) is 14.6. The van der Waals surface area contributed by atoms with Gasteiger partial charge in [-0.05, 0) is 34.1 Å². The molecule has 1 rings (SSSR count). The standard InChI is InChI=1S/C11H15Cl2OPSi/c1-16(2,3)11-6-4-10(5-7-11)8-9-15(12,13)14/h4-9H,1-3H3. The van der Waals surface area contributed by atoms with Crippen molar-refractivity contribution < 1.29 is 4.57 Å². The first kappa shape index (κ1) is 14.0. The molecule has 5 heteroatoms. The van der Waals surface area contributed by atoms with Crippen molar-refractivity contribution >= 4 is 47.7 Å². The fourth-order valence-electron chi connectivity index (χ4n) is 1.27. The molecule has 0 aliphatic carbocycles. The van der Waals surface area contributed by atoms with Crippen LogP contribution in [0, 0.1) is 0 Å². The molecule has 0 fully saturated rings. The molecule has 0 aromatic heterocycles. The van der Waals surface area contributed by atoms with Crippen LogP contribution in [-0.4, -0.2) is 8.07 Å². The lowest BCUT2D eigenvalue weighted by molar-refractivity contribution is 0.597. The monoisotopic (exact) mass is 292 g/mol. The van der Waals surface area contributed by atoms with Crippen LogP contribution in [0.25, 0.3) is 6.08 Å². The van der Waals surface area contributed by atoms with E-state index in [0.717, 1.165) is 5.56 Å². The molecule has 0 aliphatic rings. The highest BCUT2D eigenvalue weighted by Gasteiger charge is 2.15. The molecule has 0 saturated carbocycles. The fourth-order valence-corrected chi connectivity index (χ4v) is 3.12. The first-order valence-electron chi connectivity index (χ1n) is 4.97. The molecule has 0 amide bonds. The van der Waals surface area contributed by atoms with Gasteiger partial charge in [0.05, 0.1) is 8.07 Å². The summed E-state index contributed by atoms with van der Waals surface area (Å²) in [6.07, 6.45) is 1.69. The predicted octanol–water partition coefficient (Wildman–Crippen LogP) is 4.87. The van der Waals surface area contributed by atoms with E-state index < -0.39 is 13.9 Å². The van der Waals surface area contributed by atoms with Crippen LogP contribution >= 0.6 is 28.3 Å². The number of halogens is 2. The lowest BCUT2D eigenvalue weighted by atomic mass is 10.2. The Hall–Kier alpha value is -0.0131. The van der Waals surface area contributed by atoms with Crippen LogP contribution in [0.4, 0.5) is 0 Å². The van der Waals surface area contributed by atoms with Crippen LogP contribution in [-0.2, 0) is 4.57 Å². The minimum atomic E-state index is -3.10. The van der Waals surface area contributed by atoms with Gasteiger partial charge in [-0.15, -0.1) is 0 Å². The molecule has 0 aliphatic heterocycles. The van der Waals surface area contributed by atoms with E-state index in [2.05, 4.69) is 31.8 Å². The Morgan fingerprint density at radius 3 is 2.00 bits per heavy atom. The van der Waals surface area contributed by atoms with E-state index in [0.29, 0.717) is 0 Å². The SMILES string of the molecule is C[Si](C)(C)c1ccc(C=CP(=O)(Cl)Cl)cc1. The second-order valence-electron chi connectivity index (χ2n) is 4.69. The molecule has 1 aromatic carbocycles. The number of rotatable bonds is 3. The largest absolute Gasteiger partial charge is 0.285 e. The van der Waals surface area contributed by atoms with Crippen molar-refractivity contribution in [2.75, 3.05) is 0 Å². The lowest BCUT2D eigenvalue weighted by Gasteiger charge is -2.16. The molecule has 0 N–H and O–H groups in total. The van der Waals surface area contributed by atoms with E-state index in [4.69, 9.17) is 22.5 Å². The Balaban J connectivity index is 2.89. The van der Waals surface area contributed by atoms with Gasteiger partial charge in [0.15, 0.2) is 0 Å². The van der Waals surface area contributed by atoms with Crippen molar-refractivity contribution in [3.8, 4) is 0 Å². The summed E-state index contributed by atoms with van der Waals surface area (Å²) in [5.74, 6) is -1.76. The Kier molecular flexibility index (Phi) is 4.47. The second kappa shape index (κ2) is 5.10. The molecule has 0 atom stereocenters. The Morgan fingerprint density at radius 1 is 1.12 bits per heavy atom. The highest BCUT2D eigenvalue weighted by atomic mass is 35.9. The van der Waals surface area contributed by atoms with Crippen molar-refractivity contribution in [1.29, 1.82) is 0 Å². The Morgan fingerprint density at radius 2 is 1.62 bits per heavy atom. The molecular formula is C11H15Cl2OPSi. The van der Waals surface area contributed by atoms with Crippen LogP contribution in [0.2, 0.25) is 19.6 Å². The van der Waals surface area contributed by atoms with Gasteiger partial charge in [-0.25, -0.2) is 0 Å². The van der Waals surface area contributed by atoms with E-state index in [1.807, 2.05) is 12.1 Å². The lowest BCUT2D eigenvalue weighted by Crippen LogP contribution is -2.37. The zero-order valence-corrected chi connectivity index (χ0v) is 13.0. The molecule has 16 heavy (non-hydrogen) atoms. The van der Waals surface area contributed by atoms with Crippen molar-refractivity contribution in [3.05, 3.63) is 35.6 Å². The van der Waals surface area contributed by atoms with E-state index in [1.165, 1.54) is 11.0 Å². The van der Waals surface area contributed by atoms with Crippen molar-refractivity contribution in [3.63, 3.8) is 0 Å². The van der Waals surface area contributed by atoms with E-state index in [9.17, 15) is 4.57 Å². The molecule has 0 spiro atoms. The van der Waals surface area contributed by atoms with Gasteiger partial charge in [-0.2, -0.15) is 0 Å². The zero-order chi connectivity index (χ0) is 12.4. The van der Waals surface area contributed by atoms with Crippen molar-refractivity contribution in [2.24, 2.45) is 0 Å². The van der Waals surface area contributed by atoms with Gasteiger partial charge >= 0.3 is 0 Å². The molecule has 0 radical (unpaired) electrons. The first-order chi connectivity index (χ1) is 7.18. The fraction of sp³-hybridized carbons (Fsp3) is 0.273. The first-order valence-corrected chi connectivity index (χ1v) is 12.1. The van der Waals surface area contributed by atoms with Crippen LogP contribution in [0.1, 0.15) is 5.56 Å². The summed E-state index contributed by atoms with van der Waals surface area (Å²) in [5.41, 5.74) is 0.962. The summed E-state index contributed by atoms with van der Waals surface area (Å²) < 4.78 is 11.1. The third kappa shape index (κ3) is 4.88. The Labute approximate surface area is 107 Å². The molecule has 0 saturated heterocycles. The third-order valence-corrected chi connectivity index (χ3v) is 5.45. The number of hydrogen-bond acceptors (Lipinski definition) is 1. The van der Waals surface area contributed by atoms with Gasteiger partial charge in [-0.1, -0.05) is 49.1 Å².